The molecule has 1 N–H and O–H groups in total. The molecule has 8 nitrogen and oxygen atoms in total. The summed E-state index contributed by atoms with van der Waals surface area (Å²) in [5.74, 6) is -0.167. The molecule has 2 atom stereocenters. The number of amides is 2. The Bertz CT molecular complexity index is 1150. The van der Waals surface area contributed by atoms with E-state index in [2.05, 4.69) is 5.32 Å². The van der Waals surface area contributed by atoms with Gasteiger partial charge in [0.15, 0.2) is 0 Å². The number of hydrogen-bond acceptors (Lipinski definition) is 5. The number of hydrogen-bond donors (Lipinski definition) is 1. The summed E-state index contributed by atoms with van der Waals surface area (Å²) in [6, 6.07) is 16.5. The average Bonchev–Trinajstić information content (AvgIpc) is 2.88. The van der Waals surface area contributed by atoms with E-state index >= 15 is 0 Å². The molecule has 2 heterocycles. The zero-order valence-electron chi connectivity index (χ0n) is 20.9. The van der Waals surface area contributed by atoms with Crippen LogP contribution in [0.4, 0.5) is 4.79 Å². The predicted octanol–water partition coefficient (Wildman–Crippen LogP) is 4.09. The molecule has 2 aromatic carbocycles. The summed E-state index contributed by atoms with van der Waals surface area (Å²) < 4.78 is 33.5. The van der Waals surface area contributed by atoms with Gasteiger partial charge in [-0.25, -0.2) is 13.2 Å². The van der Waals surface area contributed by atoms with E-state index in [0.29, 0.717) is 44.5 Å². The molecule has 2 aliphatic heterocycles. The molecule has 0 spiro atoms. The maximum absolute atomic E-state index is 13.5. The molecular weight excluding hydrogens is 478 g/mol. The van der Waals surface area contributed by atoms with Gasteiger partial charge in [0.05, 0.1) is 6.61 Å². The number of nitrogens with one attached hydrogen (secondary N) is 1. The number of carbonyl (C=O) groups excluding carboxylic acids is 2. The highest BCUT2D eigenvalue weighted by Gasteiger charge is 2.40. The van der Waals surface area contributed by atoms with E-state index in [-0.39, 0.29) is 30.6 Å². The second-order valence-corrected chi connectivity index (χ2v) is 11.6. The van der Waals surface area contributed by atoms with E-state index in [1.54, 1.807) is 28.3 Å². The number of ether oxygens (including phenoxy) is 1. The minimum atomic E-state index is -3.51. The van der Waals surface area contributed by atoms with E-state index in [9.17, 15) is 18.0 Å². The van der Waals surface area contributed by atoms with Crippen LogP contribution >= 0.6 is 0 Å². The topological polar surface area (TPSA) is 96.0 Å². The minimum Gasteiger partial charge on any atom is -0.450 e. The third-order valence-corrected chi connectivity index (χ3v) is 9.48. The maximum Gasteiger partial charge on any atom is 0.409 e. The summed E-state index contributed by atoms with van der Waals surface area (Å²) in [6.07, 6.45) is 2.46. The molecule has 2 aromatic rings. The summed E-state index contributed by atoms with van der Waals surface area (Å²) in [7, 11) is -3.51. The number of piperidine rings is 1. The molecule has 2 saturated heterocycles. The number of carbonyl (C=O) groups is 2. The van der Waals surface area contributed by atoms with Crippen molar-refractivity contribution in [2.45, 2.75) is 63.4 Å². The first-order valence-electron chi connectivity index (χ1n) is 12.7. The first kappa shape index (κ1) is 26.2. The van der Waals surface area contributed by atoms with Gasteiger partial charge in [0.1, 0.15) is 5.25 Å². The van der Waals surface area contributed by atoms with Gasteiger partial charge in [-0.05, 0) is 62.8 Å². The Balaban J connectivity index is 1.36. The molecule has 0 saturated carbocycles. The third kappa shape index (κ3) is 5.90. The van der Waals surface area contributed by atoms with Crippen molar-refractivity contribution in [3.63, 3.8) is 0 Å². The lowest BCUT2D eigenvalue weighted by atomic mass is 10.0. The summed E-state index contributed by atoms with van der Waals surface area (Å²) in [5, 5.41) is 2.52. The van der Waals surface area contributed by atoms with Crippen LogP contribution in [0.3, 0.4) is 0 Å². The lowest BCUT2D eigenvalue weighted by Gasteiger charge is -2.37. The van der Waals surface area contributed by atoms with Gasteiger partial charge in [-0.2, -0.15) is 4.31 Å². The lowest BCUT2D eigenvalue weighted by Crippen LogP contribution is -2.46. The van der Waals surface area contributed by atoms with Gasteiger partial charge in [-0.1, -0.05) is 42.5 Å². The SMILES string of the molecule is CCOC(=O)N1CCC(NC(=O)c2ccc(CN3[C@@H](C)CCC(c4ccccc4)S3(=O)=O)cc2)CC1. The molecule has 1 unspecified atom stereocenters. The Hall–Kier alpha value is -2.91. The van der Waals surface area contributed by atoms with Crippen LogP contribution in [0.1, 0.15) is 66.3 Å². The van der Waals surface area contributed by atoms with Crippen molar-refractivity contribution in [3.8, 4) is 0 Å². The standard InChI is InChI=1S/C27H35N3O5S/c1-3-35-27(32)29-17-15-24(16-18-29)28-26(31)23-12-10-21(11-13-23)19-30-20(2)9-14-25(36(30,33)34)22-7-5-4-6-8-22/h4-8,10-13,20,24-25H,3,9,14-19H2,1-2H3,(H,28,31)/t20-,25?/m0/s1. The maximum atomic E-state index is 13.5. The normalized spacial score (nSPS) is 22.7. The quantitative estimate of drug-likeness (QED) is 0.628. The van der Waals surface area contributed by atoms with Crippen LogP contribution in [0.5, 0.6) is 0 Å². The highest BCUT2D eigenvalue weighted by Crippen LogP contribution is 2.38. The Kier molecular flexibility index (Phi) is 8.31. The van der Waals surface area contributed by atoms with Gasteiger partial charge in [0, 0.05) is 37.3 Å². The number of rotatable bonds is 6. The zero-order chi connectivity index (χ0) is 25.7. The van der Waals surface area contributed by atoms with Crippen molar-refractivity contribution in [1.82, 2.24) is 14.5 Å². The third-order valence-electron chi connectivity index (χ3n) is 7.11. The van der Waals surface area contributed by atoms with E-state index in [0.717, 1.165) is 17.5 Å². The molecule has 0 aromatic heterocycles. The van der Waals surface area contributed by atoms with E-state index < -0.39 is 15.3 Å². The van der Waals surface area contributed by atoms with E-state index in [4.69, 9.17) is 4.74 Å². The van der Waals surface area contributed by atoms with Crippen molar-refractivity contribution >= 4 is 22.0 Å². The molecule has 0 radical (unpaired) electrons. The Morgan fingerprint density at radius 2 is 1.64 bits per heavy atom. The van der Waals surface area contributed by atoms with E-state index in [1.807, 2.05) is 49.4 Å². The fraction of sp³-hybridized carbons (Fsp3) is 0.481. The number of likely N-dealkylation sites (tertiary alicyclic amines) is 1. The molecule has 0 bridgehead atoms. The van der Waals surface area contributed by atoms with Crippen molar-refractivity contribution in [2.24, 2.45) is 0 Å². The molecule has 4 rings (SSSR count). The Labute approximate surface area is 213 Å². The van der Waals surface area contributed by atoms with Crippen LogP contribution in [-0.2, 0) is 21.3 Å². The smallest absolute Gasteiger partial charge is 0.409 e. The average molecular weight is 514 g/mol. The van der Waals surface area contributed by atoms with Crippen molar-refractivity contribution < 1.29 is 22.7 Å². The molecular formula is C27H35N3O5S. The molecule has 2 fully saturated rings. The van der Waals surface area contributed by atoms with Gasteiger partial charge in [-0.15, -0.1) is 0 Å². The van der Waals surface area contributed by atoms with Crippen LogP contribution in [0.25, 0.3) is 0 Å². The molecule has 2 aliphatic rings. The van der Waals surface area contributed by atoms with Gasteiger partial charge in [-0.3, -0.25) is 4.79 Å². The number of sulfonamides is 1. The van der Waals surface area contributed by atoms with Crippen LogP contribution in [0, 0.1) is 0 Å². The van der Waals surface area contributed by atoms with Crippen LogP contribution in [0.15, 0.2) is 54.6 Å². The summed E-state index contributed by atoms with van der Waals surface area (Å²) in [4.78, 5) is 26.3. The van der Waals surface area contributed by atoms with Crippen molar-refractivity contribution in [1.29, 1.82) is 0 Å². The lowest BCUT2D eigenvalue weighted by molar-refractivity contribution is 0.0860. The second kappa shape index (κ2) is 11.4. The fourth-order valence-electron chi connectivity index (χ4n) is 4.98. The number of benzene rings is 2. The molecule has 36 heavy (non-hydrogen) atoms. The minimum absolute atomic E-state index is 0.00267. The van der Waals surface area contributed by atoms with Crippen molar-refractivity contribution in [3.05, 3.63) is 71.3 Å². The Morgan fingerprint density at radius 3 is 2.28 bits per heavy atom. The molecule has 9 heteroatoms. The highest BCUT2D eigenvalue weighted by molar-refractivity contribution is 7.89. The monoisotopic (exact) mass is 513 g/mol. The first-order chi connectivity index (χ1) is 17.3. The van der Waals surface area contributed by atoms with Crippen LogP contribution < -0.4 is 5.32 Å². The zero-order valence-corrected chi connectivity index (χ0v) is 21.7. The van der Waals surface area contributed by atoms with Gasteiger partial charge in [0.2, 0.25) is 10.0 Å². The predicted molar refractivity (Wildman–Crippen MR) is 138 cm³/mol. The van der Waals surface area contributed by atoms with Gasteiger partial charge in [0.25, 0.3) is 5.91 Å². The Morgan fingerprint density at radius 1 is 0.972 bits per heavy atom. The summed E-state index contributed by atoms with van der Waals surface area (Å²) in [5.41, 5.74) is 2.20. The molecule has 2 amide bonds. The summed E-state index contributed by atoms with van der Waals surface area (Å²) >= 11 is 0. The van der Waals surface area contributed by atoms with E-state index in [1.165, 1.54) is 0 Å². The largest absolute Gasteiger partial charge is 0.450 e. The van der Waals surface area contributed by atoms with Crippen molar-refractivity contribution in [2.75, 3.05) is 19.7 Å². The second-order valence-electron chi connectivity index (χ2n) is 9.55. The first-order valence-corrected chi connectivity index (χ1v) is 14.2. The molecule has 194 valence electrons. The van der Waals surface area contributed by atoms with Gasteiger partial charge < -0.3 is 15.0 Å². The highest BCUT2D eigenvalue weighted by atomic mass is 32.2. The van der Waals surface area contributed by atoms with Crippen LogP contribution in [-0.4, -0.2) is 61.4 Å². The van der Waals surface area contributed by atoms with Crippen LogP contribution in [0.2, 0.25) is 0 Å². The van der Waals surface area contributed by atoms with Gasteiger partial charge >= 0.3 is 6.09 Å². The summed E-state index contributed by atoms with van der Waals surface area (Å²) in [6.45, 7) is 5.46. The fourth-order valence-corrected chi connectivity index (χ4v) is 7.18. The molecule has 0 aliphatic carbocycles. The number of nitrogens with zero attached hydrogens (tertiary/aromatic N) is 2.